The van der Waals surface area contributed by atoms with Crippen LogP contribution in [-0.4, -0.2) is 15.5 Å². The molecular weight excluding hydrogens is 286 g/mol. The zero-order valence-electron chi connectivity index (χ0n) is 13.3. The topological polar surface area (TPSA) is 42.2 Å². The lowest BCUT2D eigenvalue weighted by Crippen LogP contribution is -2.01. The normalized spacial score (nSPS) is 11.8. The third kappa shape index (κ3) is 2.90. The van der Waals surface area contributed by atoms with Crippen molar-refractivity contribution in [1.29, 1.82) is 0 Å². The molecule has 116 valence electrons. The van der Waals surface area contributed by atoms with E-state index >= 15 is 0 Å². The van der Waals surface area contributed by atoms with Gasteiger partial charge in [-0.2, -0.15) is 0 Å². The van der Waals surface area contributed by atoms with Gasteiger partial charge in [0.15, 0.2) is 5.78 Å². The molecule has 0 aliphatic heterocycles. The molecule has 3 rings (SSSR count). The molecule has 0 amide bonds. The van der Waals surface area contributed by atoms with Gasteiger partial charge in [-0.15, -0.1) is 0 Å². The second kappa shape index (κ2) is 6.13. The molecule has 0 fully saturated rings. The number of aryl methyl sites for hydroxylation is 1. The van der Waals surface area contributed by atoms with Crippen molar-refractivity contribution in [3.8, 4) is 0 Å². The van der Waals surface area contributed by atoms with Crippen LogP contribution < -0.4 is 0 Å². The maximum Gasteiger partial charge on any atom is 0.156 e. The first-order valence-electron chi connectivity index (χ1n) is 7.59. The molecular formula is C20H19NO2. The van der Waals surface area contributed by atoms with E-state index < -0.39 is 0 Å². The van der Waals surface area contributed by atoms with E-state index in [1.807, 2.05) is 49.5 Å². The van der Waals surface area contributed by atoms with Crippen LogP contribution >= 0.6 is 0 Å². The number of para-hydroxylation sites is 1. The van der Waals surface area contributed by atoms with E-state index in [0.29, 0.717) is 6.42 Å². The second-order valence-electron chi connectivity index (χ2n) is 5.70. The summed E-state index contributed by atoms with van der Waals surface area (Å²) in [5, 5.41) is 11.4. The molecule has 23 heavy (non-hydrogen) atoms. The predicted octanol–water partition coefficient (Wildman–Crippen LogP) is 4.26. The second-order valence-corrected chi connectivity index (χ2v) is 5.70. The highest BCUT2D eigenvalue weighted by molar-refractivity contribution is 5.99. The largest absolute Gasteiger partial charge is 0.507 e. The fourth-order valence-electron chi connectivity index (χ4n) is 2.99. The fourth-order valence-corrected chi connectivity index (χ4v) is 2.99. The van der Waals surface area contributed by atoms with E-state index in [4.69, 9.17) is 0 Å². The van der Waals surface area contributed by atoms with Gasteiger partial charge in [-0.3, -0.25) is 4.79 Å². The SMILES string of the molecule is CC(=O)/C=C(\O)c1c(Cc2ccccc2)n(C)c2ccccc12. The van der Waals surface area contributed by atoms with Crippen LogP contribution in [-0.2, 0) is 18.3 Å². The van der Waals surface area contributed by atoms with Gasteiger partial charge in [0.05, 0.1) is 0 Å². The van der Waals surface area contributed by atoms with Crippen LogP contribution in [0.5, 0.6) is 0 Å². The highest BCUT2D eigenvalue weighted by Crippen LogP contribution is 2.31. The minimum absolute atomic E-state index is 0.0280. The summed E-state index contributed by atoms with van der Waals surface area (Å²) in [6, 6.07) is 18.0. The van der Waals surface area contributed by atoms with Crippen LogP contribution in [0.15, 0.2) is 60.7 Å². The number of fused-ring (bicyclic) bond motifs is 1. The molecule has 0 saturated carbocycles. The molecule has 3 heteroatoms. The van der Waals surface area contributed by atoms with Gasteiger partial charge in [0.25, 0.3) is 0 Å². The van der Waals surface area contributed by atoms with Crippen LogP contribution in [0.3, 0.4) is 0 Å². The summed E-state index contributed by atoms with van der Waals surface area (Å²) >= 11 is 0. The van der Waals surface area contributed by atoms with Crippen molar-refractivity contribution >= 4 is 22.4 Å². The summed E-state index contributed by atoms with van der Waals surface area (Å²) in [5.74, 6) is -0.138. The van der Waals surface area contributed by atoms with Crippen LogP contribution in [0.25, 0.3) is 16.7 Å². The summed E-state index contributed by atoms with van der Waals surface area (Å²) in [6.07, 6.45) is 1.98. The van der Waals surface area contributed by atoms with Crippen molar-refractivity contribution in [3.63, 3.8) is 0 Å². The summed E-state index contributed by atoms with van der Waals surface area (Å²) in [4.78, 5) is 11.4. The van der Waals surface area contributed by atoms with Crippen molar-refractivity contribution in [2.45, 2.75) is 13.3 Å². The molecule has 1 heterocycles. The van der Waals surface area contributed by atoms with E-state index in [1.165, 1.54) is 13.0 Å². The molecule has 0 aliphatic carbocycles. The number of aromatic nitrogens is 1. The summed E-state index contributed by atoms with van der Waals surface area (Å²) in [6.45, 7) is 1.44. The van der Waals surface area contributed by atoms with Crippen molar-refractivity contribution in [3.05, 3.63) is 77.5 Å². The number of allylic oxidation sites excluding steroid dienone is 1. The Morgan fingerprint density at radius 2 is 1.74 bits per heavy atom. The average Bonchev–Trinajstić information content (AvgIpc) is 2.81. The first kappa shape index (κ1) is 15.1. The quantitative estimate of drug-likeness (QED) is 0.578. The minimum atomic E-state index is -0.166. The van der Waals surface area contributed by atoms with Crippen LogP contribution in [0.4, 0.5) is 0 Å². The fraction of sp³-hybridized carbons (Fsp3) is 0.150. The first-order valence-corrected chi connectivity index (χ1v) is 7.59. The lowest BCUT2D eigenvalue weighted by molar-refractivity contribution is -0.112. The van der Waals surface area contributed by atoms with Gasteiger partial charge in [-0.1, -0.05) is 48.5 Å². The van der Waals surface area contributed by atoms with Gasteiger partial charge < -0.3 is 9.67 Å². The third-order valence-corrected chi connectivity index (χ3v) is 4.04. The number of aliphatic hydroxyl groups excluding tert-OH is 1. The molecule has 3 aromatic rings. The van der Waals surface area contributed by atoms with E-state index in [0.717, 1.165) is 27.7 Å². The smallest absolute Gasteiger partial charge is 0.156 e. The summed E-state index contributed by atoms with van der Waals surface area (Å²) in [5.41, 5.74) is 3.93. The zero-order valence-corrected chi connectivity index (χ0v) is 13.3. The molecule has 1 N–H and O–H groups in total. The lowest BCUT2D eigenvalue weighted by Gasteiger charge is -2.08. The number of benzene rings is 2. The Kier molecular flexibility index (Phi) is 4.02. The molecule has 0 radical (unpaired) electrons. The number of nitrogens with zero attached hydrogens (tertiary/aromatic N) is 1. The molecule has 0 saturated heterocycles. The number of carbonyl (C=O) groups excluding carboxylic acids is 1. The van der Waals surface area contributed by atoms with Crippen LogP contribution in [0.1, 0.15) is 23.7 Å². The average molecular weight is 305 g/mol. The number of hydrogen-bond donors (Lipinski definition) is 1. The molecule has 3 nitrogen and oxygen atoms in total. The predicted molar refractivity (Wildman–Crippen MR) is 93.5 cm³/mol. The maximum absolute atomic E-state index is 11.4. The van der Waals surface area contributed by atoms with Gasteiger partial charge in [-0.05, 0) is 18.6 Å². The number of hydrogen-bond acceptors (Lipinski definition) is 2. The third-order valence-electron chi connectivity index (χ3n) is 4.04. The van der Waals surface area contributed by atoms with E-state index in [-0.39, 0.29) is 11.5 Å². The minimum Gasteiger partial charge on any atom is -0.507 e. The van der Waals surface area contributed by atoms with Gasteiger partial charge >= 0.3 is 0 Å². The monoisotopic (exact) mass is 305 g/mol. The molecule has 0 spiro atoms. The van der Waals surface area contributed by atoms with Crippen LogP contribution in [0.2, 0.25) is 0 Å². The molecule has 0 bridgehead atoms. The van der Waals surface area contributed by atoms with Gasteiger partial charge in [0, 0.05) is 41.7 Å². The number of rotatable bonds is 4. The number of aliphatic hydroxyl groups is 1. The number of ketones is 1. The maximum atomic E-state index is 11.4. The zero-order chi connectivity index (χ0) is 16.4. The van der Waals surface area contributed by atoms with E-state index in [2.05, 4.69) is 16.7 Å². The highest BCUT2D eigenvalue weighted by atomic mass is 16.3. The first-order chi connectivity index (χ1) is 11.1. The molecule has 1 aromatic heterocycles. The molecule has 0 aliphatic rings. The van der Waals surface area contributed by atoms with Crippen molar-refractivity contribution < 1.29 is 9.90 Å². The standard InChI is InChI=1S/C20H19NO2/c1-14(22)12-19(23)20-16-10-6-7-11-17(16)21(2)18(20)13-15-8-4-3-5-9-15/h3-12,23H,13H2,1-2H3/b19-12-. The van der Waals surface area contributed by atoms with E-state index in [1.54, 1.807) is 0 Å². The Morgan fingerprint density at radius 1 is 1.09 bits per heavy atom. The molecule has 2 aromatic carbocycles. The Morgan fingerprint density at radius 3 is 2.43 bits per heavy atom. The van der Waals surface area contributed by atoms with Gasteiger partial charge in [0.1, 0.15) is 5.76 Å². The summed E-state index contributed by atoms with van der Waals surface area (Å²) < 4.78 is 2.09. The Bertz CT molecular complexity index is 889. The Hall–Kier alpha value is -2.81. The highest BCUT2D eigenvalue weighted by Gasteiger charge is 2.18. The van der Waals surface area contributed by atoms with Crippen LogP contribution in [0, 0.1) is 0 Å². The molecule has 0 unspecified atom stereocenters. The van der Waals surface area contributed by atoms with Crippen molar-refractivity contribution in [2.24, 2.45) is 7.05 Å². The Labute approximate surface area is 135 Å². The molecule has 0 atom stereocenters. The van der Waals surface area contributed by atoms with Gasteiger partial charge in [0.2, 0.25) is 0 Å². The lowest BCUT2D eigenvalue weighted by atomic mass is 10.0. The van der Waals surface area contributed by atoms with Crippen molar-refractivity contribution in [2.75, 3.05) is 0 Å². The van der Waals surface area contributed by atoms with Gasteiger partial charge in [-0.25, -0.2) is 0 Å². The van der Waals surface area contributed by atoms with Crippen molar-refractivity contribution in [1.82, 2.24) is 4.57 Å². The summed E-state index contributed by atoms with van der Waals surface area (Å²) in [7, 11) is 1.99. The number of carbonyl (C=O) groups is 1. The van der Waals surface area contributed by atoms with E-state index in [9.17, 15) is 9.90 Å². The Balaban J connectivity index is 2.23.